The van der Waals surface area contributed by atoms with Crippen molar-refractivity contribution in [2.24, 2.45) is 0 Å². The second kappa shape index (κ2) is 6.91. The van der Waals surface area contributed by atoms with Crippen LogP contribution < -0.4 is 10.1 Å². The molecule has 0 aliphatic carbocycles. The number of nitro benzene ring substituents is 1. The van der Waals surface area contributed by atoms with Crippen LogP contribution in [0.1, 0.15) is 5.56 Å². The highest BCUT2D eigenvalue weighted by molar-refractivity contribution is 5.51. The molecule has 106 valence electrons. The number of hydrogen-bond donors (Lipinski definition) is 1. The van der Waals surface area contributed by atoms with Crippen molar-refractivity contribution >= 4 is 11.4 Å². The Bertz CT molecular complexity index is 663. The number of hydrogen-bond acceptors (Lipinski definition) is 5. The van der Waals surface area contributed by atoms with Crippen molar-refractivity contribution in [1.29, 1.82) is 5.26 Å². The SMILES string of the molecule is N#CCOc1ccc(CNc2cccc([N+](=O)[O-])c2)cc1. The van der Waals surface area contributed by atoms with Gasteiger partial charge in [-0.1, -0.05) is 18.2 Å². The number of nitrogens with zero attached hydrogens (tertiary/aromatic N) is 2. The smallest absolute Gasteiger partial charge is 0.271 e. The summed E-state index contributed by atoms with van der Waals surface area (Å²) in [5.41, 5.74) is 1.75. The second-order valence-corrected chi connectivity index (χ2v) is 4.25. The highest BCUT2D eigenvalue weighted by Crippen LogP contribution is 2.18. The summed E-state index contributed by atoms with van der Waals surface area (Å²) < 4.78 is 5.16. The molecule has 6 nitrogen and oxygen atoms in total. The Morgan fingerprint density at radius 1 is 1.24 bits per heavy atom. The van der Waals surface area contributed by atoms with Gasteiger partial charge in [-0.25, -0.2) is 0 Å². The van der Waals surface area contributed by atoms with Gasteiger partial charge in [-0.05, 0) is 23.8 Å². The minimum atomic E-state index is -0.424. The average Bonchev–Trinajstić information content (AvgIpc) is 2.52. The predicted molar refractivity (Wildman–Crippen MR) is 78.0 cm³/mol. The van der Waals surface area contributed by atoms with Crippen LogP contribution >= 0.6 is 0 Å². The molecule has 0 heterocycles. The van der Waals surface area contributed by atoms with Gasteiger partial charge >= 0.3 is 0 Å². The monoisotopic (exact) mass is 283 g/mol. The van der Waals surface area contributed by atoms with E-state index < -0.39 is 4.92 Å². The molecular weight excluding hydrogens is 270 g/mol. The van der Waals surface area contributed by atoms with Gasteiger partial charge in [0, 0.05) is 24.4 Å². The molecule has 2 rings (SSSR count). The highest BCUT2D eigenvalue weighted by Gasteiger charge is 2.05. The van der Waals surface area contributed by atoms with Gasteiger partial charge in [0.25, 0.3) is 5.69 Å². The van der Waals surface area contributed by atoms with Gasteiger partial charge in [-0.2, -0.15) is 5.26 Å². The Morgan fingerprint density at radius 2 is 2.00 bits per heavy atom. The van der Waals surface area contributed by atoms with Crippen molar-refractivity contribution < 1.29 is 9.66 Å². The van der Waals surface area contributed by atoms with E-state index in [0.717, 1.165) is 5.56 Å². The minimum absolute atomic E-state index is 0.0191. The fourth-order valence-electron chi connectivity index (χ4n) is 1.75. The zero-order chi connectivity index (χ0) is 15.1. The number of anilines is 1. The van der Waals surface area contributed by atoms with E-state index in [4.69, 9.17) is 10.00 Å². The van der Waals surface area contributed by atoms with Crippen LogP contribution in [-0.2, 0) is 6.54 Å². The molecule has 0 aromatic heterocycles. The molecule has 21 heavy (non-hydrogen) atoms. The Hall–Kier alpha value is -3.07. The molecule has 2 aromatic rings. The van der Waals surface area contributed by atoms with E-state index in [2.05, 4.69) is 5.32 Å². The van der Waals surface area contributed by atoms with E-state index in [0.29, 0.717) is 18.0 Å². The standard InChI is InChI=1S/C15H13N3O3/c16-8-9-21-15-6-4-12(5-7-15)11-17-13-2-1-3-14(10-13)18(19)20/h1-7,10,17H,9,11H2. The van der Waals surface area contributed by atoms with E-state index in [1.165, 1.54) is 12.1 Å². The Labute approximate surface area is 121 Å². The third-order valence-corrected chi connectivity index (χ3v) is 2.78. The fourth-order valence-corrected chi connectivity index (χ4v) is 1.75. The lowest BCUT2D eigenvalue weighted by Gasteiger charge is -2.07. The van der Waals surface area contributed by atoms with Crippen molar-refractivity contribution in [3.05, 3.63) is 64.2 Å². The van der Waals surface area contributed by atoms with E-state index in [1.807, 2.05) is 18.2 Å². The molecule has 0 aliphatic rings. The first-order chi connectivity index (χ1) is 10.2. The first-order valence-electron chi connectivity index (χ1n) is 6.26. The normalized spacial score (nSPS) is 9.67. The number of ether oxygens (including phenoxy) is 1. The lowest BCUT2D eigenvalue weighted by atomic mass is 10.2. The molecule has 0 atom stereocenters. The summed E-state index contributed by atoms with van der Waals surface area (Å²) in [6.45, 7) is 0.560. The maximum atomic E-state index is 10.7. The van der Waals surface area contributed by atoms with E-state index in [9.17, 15) is 10.1 Å². The first-order valence-corrected chi connectivity index (χ1v) is 6.26. The number of non-ortho nitro benzene ring substituents is 1. The van der Waals surface area contributed by atoms with Gasteiger partial charge < -0.3 is 10.1 Å². The third kappa shape index (κ3) is 4.21. The Morgan fingerprint density at radius 3 is 2.67 bits per heavy atom. The van der Waals surface area contributed by atoms with Crippen LogP contribution in [0.15, 0.2) is 48.5 Å². The second-order valence-electron chi connectivity index (χ2n) is 4.25. The van der Waals surface area contributed by atoms with Crippen LogP contribution in [0, 0.1) is 21.4 Å². The van der Waals surface area contributed by atoms with Crippen molar-refractivity contribution in [2.75, 3.05) is 11.9 Å². The first kappa shape index (κ1) is 14.3. The molecule has 0 bridgehead atoms. The largest absolute Gasteiger partial charge is 0.479 e. The van der Waals surface area contributed by atoms with Crippen molar-refractivity contribution in [3.63, 3.8) is 0 Å². The lowest BCUT2D eigenvalue weighted by Crippen LogP contribution is -2.00. The minimum Gasteiger partial charge on any atom is -0.479 e. The topological polar surface area (TPSA) is 88.2 Å². The molecule has 0 amide bonds. The van der Waals surface area contributed by atoms with Crippen LogP contribution in [0.5, 0.6) is 5.75 Å². The molecule has 1 N–H and O–H groups in total. The zero-order valence-electron chi connectivity index (χ0n) is 11.2. The molecular formula is C15H13N3O3. The van der Waals surface area contributed by atoms with Crippen LogP contribution in [0.3, 0.4) is 0 Å². The molecule has 6 heteroatoms. The van der Waals surface area contributed by atoms with Crippen molar-refractivity contribution in [2.45, 2.75) is 6.54 Å². The summed E-state index contributed by atoms with van der Waals surface area (Å²) in [7, 11) is 0. The van der Waals surface area contributed by atoms with E-state index >= 15 is 0 Å². The molecule has 0 fully saturated rings. The van der Waals surface area contributed by atoms with E-state index in [1.54, 1.807) is 24.3 Å². The molecule has 0 radical (unpaired) electrons. The number of nitrogens with one attached hydrogen (secondary N) is 1. The summed E-state index contributed by atoms with van der Waals surface area (Å²) >= 11 is 0. The maximum absolute atomic E-state index is 10.7. The van der Waals surface area contributed by atoms with Crippen LogP contribution in [0.25, 0.3) is 0 Å². The molecule has 0 saturated carbocycles. The van der Waals surface area contributed by atoms with E-state index in [-0.39, 0.29) is 12.3 Å². The average molecular weight is 283 g/mol. The summed E-state index contributed by atoms with van der Waals surface area (Å²) in [5.74, 6) is 0.635. The summed E-state index contributed by atoms with van der Waals surface area (Å²) in [6.07, 6.45) is 0. The highest BCUT2D eigenvalue weighted by atomic mass is 16.6. The fraction of sp³-hybridized carbons (Fsp3) is 0.133. The lowest BCUT2D eigenvalue weighted by molar-refractivity contribution is -0.384. The number of nitriles is 1. The summed E-state index contributed by atoms with van der Waals surface area (Å²) in [6, 6.07) is 15.6. The quantitative estimate of drug-likeness (QED) is 0.650. The van der Waals surface area contributed by atoms with Crippen LogP contribution in [0.2, 0.25) is 0 Å². The number of benzene rings is 2. The summed E-state index contributed by atoms with van der Waals surface area (Å²) in [4.78, 5) is 10.3. The molecule has 0 spiro atoms. The van der Waals surface area contributed by atoms with Gasteiger partial charge in [-0.15, -0.1) is 0 Å². The van der Waals surface area contributed by atoms with Gasteiger partial charge in [0.2, 0.25) is 0 Å². The van der Waals surface area contributed by atoms with Gasteiger partial charge in [-0.3, -0.25) is 10.1 Å². The maximum Gasteiger partial charge on any atom is 0.271 e. The molecule has 0 aliphatic heterocycles. The van der Waals surface area contributed by atoms with Crippen molar-refractivity contribution in [3.8, 4) is 11.8 Å². The summed E-state index contributed by atoms with van der Waals surface area (Å²) in [5, 5.41) is 22.2. The number of nitro groups is 1. The Balaban J connectivity index is 1.95. The molecule has 2 aromatic carbocycles. The van der Waals surface area contributed by atoms with Gasteiger partial charge in [0.15, 0.2) is 6.61 Å². The number of rotatable bonds is 6. The van der Waals surface area contributed by atoms with Crippen molar-refractivity contribution in [1.82, 2.24) is 0 Å². The molecule has 0 unspecified atom stereocenters. The van der Waals surface area contributed by atoms with Crippen LogP contribution in [-0.4, -0.2) is 11.5 Å². The zero-order valence-corrected chi connectivity index (χ0v) is 11.2. The van der Waals surface area contributed by atoms with Gasteiger partial charge in [0.1, 0.15) is 11.8 Å². The van der Waals surface area contributed by atoms with Crippen LogP contribution in [0.4, 0.5) is 11.4 Å². The predicted octanol–water partition coefficient (Wildman–Crippen LogP) is 3.11. The molecule has 0 saturated heterocycles. The third-order valence-electron chi connectivity index (χ3n) is 2.78. The Kier molecular flexibility index (Phi) is 4.72. The van der Waals surface area contributed by atoms with Gasteiger partial charge in [0.05, 0.1) is 4.92 Å².